The van der Waals surface area contributed by atoms with E-state index < -0.39 is 5.97 Å². The minimum Gasteiger partial charge on any atom is -0.478 e. The molecule has 112 valence electrons. The smallest absolute Gasteiger partial charge is 0.328 e. The van der Waals surface area contributed by atoms with Crippen molar-refractivity contribution in [1.82, 2.24) is 10.3 Å². The van der Waals surface area contributed by atoms with E-state index >= 15 is 0 Å². The number of nitrogens with one attached hydrogen (secondary N) is 1. The first-order valence-electron chi connectivity index (χ1n) is 7.20. The lowest BCUT2D eigenvalue weighted by Crippen LogP contribution is -2.29. The predicted octanol–water partition coefficient (Wildman–Crippen LogP) is 2.35. The molecule has 1 aromatic heterocycles. The van der Waals surface area contributed by atoms with Crippen LogP contribution < -0.4 is 5.32 Å². The van der Waals surface area contributed by atoms with Gasteiger partial charge in [0, 0.05) is 18.8 Å². The van der Waals surface area contributed by atoms with Crippen LogP contribution in [-0.2, 0) is 4.79 Å². The molecule has 1 fully saturated rings. The van der Waals surface area contributed by atoms with Crippen molar-refractivity contribution >= 4 is 18.0 Å². The van der Waals surface area contributed by atoms with Crippen LogP contribution >= 0.6 is 0 Å². The Balaban J connectivity index is 1.86. The summed E-state index contributed by atoms with van der Waals surface area (Å²) in [7, 11) is 0. The minimum atomic E-state index is -1.01. The van der Waals surface area contributed by atoms with Gasteiger partial charge < -0.3 is 10.4 Å². The molecule has 0 radical (unpaired) electrons. The zero-order valence-corrected chi connectivity index (χ0v) is 12.1. The van der Waals surface area contributed by atoms with E-state index in [1.54, 1.807) is 12.1 Å². The van der Waals surface area contributed by atoms with E-state index in [2.05, 4.69) is 17.2 Å². The fourth-order valence-corrected chi connectivity index (χ4v) is 2.64. The summed E-state index contributed by atoms with van der Waals surface area (Å²) in [5.41, 5.74) is 1.01. The third kappa shape index (κ3) is 4.70. The Morgan fingerprint density at radius 3 is 2.81 bits per heavy atom. The number of carbonyl (C=O) groups excluding carboxylic acids is 1. The highest BCUT2D eigenvalue weighted by atomic mass is 16.4. The van der Waals surface area contributed by atoms with Crippen molar-refractivity contribution in [3.8, 4) is 0 Å². The van der Waals surface area contributed by atoms with Gasteiger partial charge in [0.25, 0.3) is 5.91 Å². The Bertz CT molecular complexity index is 537. The van der Waals surface area contributed by atoms with Crippen molar-refractivity contribution < 1.29 is 14.7 Å². The van der Waals surface area contributed by atoms with E-state index in [-0.39, 0.29) is 5.91 Å². The van der Waals surface area contributed by atoms with E-state index in [1.807, 2.05) is 0 Å². The van der Waals surface area contributed by atoms with Crippen LogP contribution in [0.15, 0.2) is 24.4 Å². The lowest BCUT2D eigenvalue weighted by molar-refractivity contribution is -0.131. The molecule has 1 aliphatic rings. The van der Waals surface area contributed by atoms with Crippen molar-refractivity contribution in [3.63, 3.8) is 0 Å². The highest BCUT2D eigenvalue weighted by molar-refractivity contribution is 5.92. The zero-order chi connectivity index (χ0) is 15.2. The number of carbonyl (C=O) groups is 2. The van der Waals surface area contributed by atoms with Crippen molar-refractivity contribution in [2.45, 2.75) is 26.2 Å². The SMILES string of the molecule is CC1CCC(CNC(=O)c2ccc(/C=C/C(=O)O)cn2)C1. The third-order valence-electron chi connectivity index (χ3n) is 3.79. The van der Waals surface area contributed by atoms with Gasteiger partial charge in [-0.25, -0.2) is 4.79 Å². The monoisotopic (exact) mass is 288 g/mol. The number of pyridine rings is 1. The van der Waals surface area contributed by atoms with Gasteiger partial charge in [0.05, 0.1) is 0 Å². The number of aliphatic carboxylic acids is 1. The average molecular weight is 288 g/mol. The molecule has 0 aromatic carbocycles. The fraction of sp³-hybridized carbons (Fsp3) is 0.438. The Morgan fingerprint density at radius 2 is 2.24 bits per heavy atom. The number of hydrogen-bond acceptors (Lipinski definition) is 3. The molecule has 0 spiro atoms. The molecule has 1 aliphatic carbocycles. The van der Waals surface area contributed by atoms with Crippen LogP contribution in [0.1, 0.15) is 42.2 Å². The van der Waals surface area contributed by atoms with E-state index in [9.17, 15) is 9.59 Å². The van der Waals surface area contributed by atoms with Crippen LogP contribution in [-0.4, -0.2) is 28.5 Å². The molecule has 0 aliphatic heterocycles. The topological polar surface area (TPSA) is 79.3 Å². The van der Waals surface area contributed by atoms with Crippen LogP contribution in [0, 0.1) is 11.8 Å². The molecular weight excluding hydrogens is 268 g/mol. The number of aromatic nitrogens is 1. The largest absolute Gasteiger partial charge is 0.478 e. The van der Waals surface area contributed by atoms with Crippen molar-refractivity contribution in [1.29, 1.82) is 0 Å². The highest BCUT2D eigenvalue weighted by Crippen LogP contribution is 2.29. The van der Waals surface area contributed by atoms with Gasteiger partial charge in [-0.1, -0.05) is 19.4 Å². The fourth-order valence-electron chi connectivity index (χ4n) is 2.64. The normalized spacial score (nSPS) is 21.6. The Kier molecular flexibility index (Phi) is 5.09. The van der Waals surface area contributed by atoms with Gasteiger partial charge >= 0.3 is 5.97 Å². The lowest BCUT2D eigenvalue weighted by Gasteiger charge is -2.10. The third-order valence-corrected chi connectivity index (χ3v) is 3.79. The molecule has 0 saturated heterocycles. The molecule has 0 bridgehead atoms. The molecule has 1 heterocycles. The predicted molar refractivity (Wildman–Crippen MR) is 79.7 cm³/mol. The Labute approximate surface area is 124 Å². The molecule has 21 heavy (non-hydrogen) atoms. The molecular formula is C16H20N2O3. The minimum absolute atomic E-state index is 0.177. The first-order valence-corrected chi connectivity index (χ1v) is 7.20. The van der Waals surface area contributed by atoms with E-state index in [4.69, 9.17) is 5.11 Å². The van der Waals surface area contributed by atoms with Crippen LogP contribution in [0.2, 0.25) is 0 Å². The summed E-state index contributed by atoms with van der Waals surface area (Å²) >= 11 is 0. The first kappa shape index (κ1) is 15.2. The van der Waals surface area contributed by atoms with Crippen LogP contribution in [0.4, 0.5) is 0 Å². The Hall–Kier alpha value is -2.17. The number of carboxylic acid groups (broad SMARTS) is 1. The molecule has 2 N–H and O–H groups in total. The maximum Gasteiger partial charge on any atom is 0.328 e. The standard InChI is InChI=1S/C16H20N2O3/c1-11-2-3-13(8-11)10-18-16(21)14-6-4-12(9-17-14)5-7-15(19)20/h4-7,9,11,13H,2-3,8,10H2,1H3,(H,18,21)(H,19,20)/b7-5+. The molecule has 5 heteroatoms. The summed E-state index contributed by atoms with van der Waals surface area (Å²) in [6.45, 7) is 2.94. The summed E-state index contributed by atoms with van der Waals surface area (Å²) in [5, 5.41) is 11.5. The summed E-state index contributed by atoms with van der Waals surface area (Å²) in [4.78, 5) is 26.4. The quantitative estimate of drug-likeness (QED) is 0.815. The van der Waals surface area contributed by atoms with Crippen LogP contribution in [0.25, 0.3) is 6.08 Å². The number of rotatable bonds is 5. The number of hydrogen-bond donors (Lipinski definition) is 2. The van der Waals surface area contributed by atoms with E-state index in [0.717, 1.165) is 12.0 Å². The maximum absolute atomic E-state index is 12.0. The maximum atomic E-state index is 12.0. The van der Waals surface area contributed by atoms with Gasteiger partial charge in [-0.3, -0.25) is 9.78 Å². The number of carboxylic acids is 1. The number of amides is 1. The number of nitrogens with zero attached hydrogens (tertiary/aromatic N) is 1. The second-order valence-electron chi connectivity index (χ2n) is 5.64. The molecule has 1 amide bonds. The highest BCUT2D eigenvalue weighted by Gasteiger charge is 2.21. The van der Waals surface area contributed by atoms with Crippen molar-refractivity contribution in [2.24, 2.45) is 11.8 Å². The molecule has 2 rings (SSSR count). The van der Waals surface area contributed by atoms with Gasteiger partial charge in [0.2, 0.25) is 0 Å². The molecule has 1 aromatic rings. The second-order valence-corrected chi connectivity index (χ2v) is 5.64. The first-order chi connectivity index (χ1) is 10.0. The summed E-state index contributed by atoms with van der Waals surface area (Å²) in [6.07, 6.45) is 7.56. The van der Waals surface area contributed by atoms with Crippen LogP contribution in [0.5, 0.6) is 0 Å². The average Bonchev–Trinajstić information content (AvgIpc) is 2.89. The van der Waals surface area contributed by atoms with Gasteiger partial charge in [-0.2, -0.15) is 0 Å². The van der Waals surface area contributed by atoms with Gasteiger partial charge in [0.15, 0.2) is 0 Å². The lowest BCUT2D eigenvalue weighted by atomic mass is 10.1. The van der Waals surface area contributed by atoms with Crippen molar-refractivity contribution in [3.05, 3.63) is 35.7 Å². The van der Waals surface area contributed by atoms with Crippen molar-refractivity contribution in [2.75, 3.05) is 6.54 Å². The second kappa shape index (κ2) is 7.02. The van der Waals surface area contributed by atoms with Gasteiger partial charge in [-0.15, -0.1) is 0 Å². The molecule has 1 saturated carbocycles. The van der Waals surface area contributed by atoms with Crippen LogP contribution in [0.3, 0.4) is 0 Å². The van der Waals surface area contributed by atoms with Gasteiger partial charge in [0.1, 0.15) is 5.69 Å². The molecule has 2 atom stereocenters. The Morgan fingerprint density at radius 1 is 1.43 bits per heavy atom. The van der Waals surface area contributed by atoms with Gasteiger partial charge in [-0.05, 0) is 42.4 Å². The molecule has 2 unspecified atom stereocenters. The molecule has 5 nitrogen and oxygen atoms in total. The zero-order valence-electron chi connectivity index (χ0n) is 12.1. The van der Waals surface area contributed by atoms with E-state index in [0.29, 0.717) is 23.7 Å². The van der Waals surface area contributed by atoms with E-state index in [1.165, 1.54) is 31.5 Å². The summed E-state index contributed by atoms with van der Waals surface area (Å²) < 4.78 is 0. The summed E-state index contributed by atoms with van der Waals surface area (Å²) in [5.74, 6) is 0.137. The summed E-state index contributed by atoms with van der Waals surface area (Å²) in [6, 6.07) is 3.28.